The highest BCUT2D eigenvalue weighted by Gasteiger charge is 2.41. The summed E-state index contributed by atoms with van der Waals surface area (Å²) < 4.78 is 5.19. The van der Waals surface area contributed by atoms with Gasteiger partial charge in [0.15, 0.2) is 5.78 Å². The standard InChI is InChI=1S/C11H17NO3/c1-10(2,3)15-9(14)12-7-6-8(13)11(12,4)5/h6-7H,1-5H3. The molecule has 0 unspecified atom stereocenters. The summed E-state index contributed by atoms with van der Waals surface area (Å²) in [5.41, 5.74) is -1.38. The Morgan fingerprint density at radius 2 is 1.93 bits per heavy atom. The molecule has 84 valence electrons. The van der Waals surface area contributed by atoms with Crippen molar-refractivity contribution in [2.24, 2.45) is 0 Å². The van der Waals surface area contributed by atoms with Crippen molar-refractivity contribution in [2.75, 3.05) is 0 Å². The van der Waals surface area contributed by atoms with E-state index in [1.165, 1.54) is 17.2 Å². The molecule has 0 N–H and O–H groups in total. The first-order valence-corrected chi connectivity index (χ1v) is 4.89. The third kappa shape index (κ3) is 2.37. The number of hydrogen-bond acceptors (Lipinski definition) is 3. The third-order valence-electron chi connectivity index (χ3n) is 2.17. The molecule has 1 aliphatic heterocycles. The minimum atomic E-state index is -0.831. The Morgan fingerprint density at radius 3 is 2.27 bits per heavy atom. The number of carbonyl (C=O) groups is 2. The molecule has 0 saturated carbocycles. The minimum absolute atomic E-state index is 0.0895. The van der Waals surface area contributed by atoms with E-state index in [4.69, 9.17) is 4.74 Å². The topological polar surface area (TPSA) is 46.6 Å². The van der Waals surface area contributed by atoms with Crippen molar-refractivity contribution >= 4 is 11.9 Å². The quantitative estimate of drug-likeness (QED) is 0.616. The van der Waals surface area contributed by atoms with Crippen molar-refractivity contribution in [3.05, 3.63) is 12.3 Å². The Balaban J connectivity index is 2.79. The van der Waals surface area contributed by atoms with Gasteiger partial charge in [0.05, 0.1) is 0 Å². The van der Waals surface area contributed by atoms with Gasteiger partial charge in [0, 0.05) is 12.3 Å². The van der Waals surface area contributed by atoms with E-state index in [1.807, 2.05) is 0 Å². The van der Waals surface area contributed by atoms with E-state index in [0.29, 0.717) is 0 Å². The zero-order valence-electron chi connectivity index (χ0n) is 9.83. The van der Waals surface area contributed by atoms with E-state index in [2.05, 4.69) is 0 Å². The number of ether oxygens (including phenoxy) is 1. The fraction of sp³-hybridized carbons (Fsp3) is 0.636. The summed E-state index contributed by atoms with van der Waals surface area (Å²) in [4.78, 5) is 24.5. The van der Waals surface area contributed by atoms with Crippen LogP contribution in [0.2, 0.25) is 0 Å². The Hall–Kier alpha value is -1.32. The Labute approximate surface area is 89.9 Å². The van der Waals surface area contributed by atoms with Gasteiger partial charge in [0.1, 0.15) is 11.1 Å². The molecule has 0 bridgehead atoms. The Bertz CT molecular complexity index is 323. The molecule has 1 rings (SSSR count). The molecule has 0 aromatic carbocycles. The molecule has 0 radical (unpaired) electrons. The molecule has 0 aliphatic carbocycles. The second-order valence-corrected chi connectivity index (χ2v) is 5.09. The number of hydrogen-bond donors (Lipinski definition) is 0. The van der Waals surface area contributed by atoms with Crippen molar-refractivity contribution in [1.29, 1.82) is 0 Å². The van der Waals surface area contributed by atoms with Crippen molar-refractivity contribution < 1.29 is 14.3 Å². The minimum Gasteiger partial charge on any atom is -0.443 e. The molecule has 1 aliphatic rings. The van der Waals surface area contributed by atoms with Crippen LogP contribution < -0.4 is 0 Å². The van der Waals surface area contributed by atoms with Crippen LogP contribution in [0, 0.1) is 0 Å². The molecule has 0 fully saturated rings. The zero-order chi connectivity index (χ0) is 11.9. The summed E-state index contributed by atoms with van der Waals surface area (Å²) in [6.07, 6.45) is 2.37. The second kappa shape index (κ2) is 3.36. The Morgan fingerprint density at radius 1 is 1.40 bits per heavy atom. The number of carbonyl (C=O) groups excluding carboxylic acids is 2. The van der Waals surface area contributed by atoms with Crippen LogP contribution in [-0.2, 0) is 9.53 Å². The molecule has 4 heteroatoms. The normalized spacial score (nSPS) is 19.5. The van der Waals surface area contributed by atoms with E-state index in [0.717, 1.165) is 0 Å². The lowest BCUT2D eigenvalue weighted by Crippen LogP contribution is -2.47. The van der Waals surface area contributed by atoms with Crippen LogP contribution in [0.5, 0.6) is 0 Å². The molecule has 0 spiro atoms. The van der Waals surface area contributed by atoms with Gasteiger partial charge in [-0.1, -0.05) is 0 Å². The molecule has 1 amide bonds. The molecule has 0 saturated heterocycles. The van der Waals surface area contributed by atoms with Crippen LogP contribution in [0.25, 0.3) is 0 Å². The second-order valence-electron chi connectivity index (χ2n) is 5.09. The molecular formula is C11H17NO3. The predicted octanol–water partition coefficient (Wildman–Crippen LogP) is 2.10. The van der Waals surface area contributed by atoms with E-state index in [9.17, 15) is 9.59 Å². The zero-order valence-corrected chi connectivity index (χ0v) is 9.83. The van der Waals surface area contributed by atoms with Gasteiger partial charge in [-0.2, -0.15) is 0 Å². The van der Waals surface area contributed by atoms with E-state index < -0.39 is 17.2 Å². The van der Waals surface area contributed by atoms with Gasteiger partial charge >= 0.3 is 6.09 Å². The highest BCUT2D eigenvalue weighted by atomic mass is 16.6. The summed E-state index contributed by atoms with van der Waals surface area (Å²) in [5.74, 6) is -0.0895. The highest BCUT2D eigenvalue weighted by molar-refractivity contribution is 6.02. The summed E-state index contributed by atoms with van der Waals surface area (Å²) in [6, 6.07) is 0. The van der Waals surface area contributed by atoms with Gasteiger partial charge in [-0.3, -0.25) is 9.69 Å². The van der Waals surface area contributed by atoms with Crippen LogP contribution >= 0.6 is 0 Å². The fourth-order valence-electron chi connectivity index (χ4n) is 1.25. The van der Waals surface area contributed by atoms with Gasteiger partial charge in [0.2, 0.25) is 0 Å². The van der Waals surface area contributed by atoms with Crippen LogP contribution in [0.1, 0.15) is 34.6 Å². The van der Waals surface area contributed by atoms with Gasteiger partial charge in [0.25, 0.3) is 0 Å². The van der Waals surface area contributed by atoms with Crippen molar-refractivity contribution in [3.63, 3.8) is 0 Å². The van der Waals surface area contributed by atoms with Gasteiger partial charge in [-0.15, -0.1) is 0 Å². The van der Waals surface area contributed by atoms with Crippen molar-refractivity contribution in [3.8, 4) is 0 Å². The first-order chi connectivity index (χ1) is 6.64. The molecule has 15 heavy (non-hydrogen) atoms. The first-order valence-electron chi connectivity index (χ1n) is 4.89. The van der Waals surface area contributed by atoms with Gasteiger partial charge in [-0.05, 0) is 34.6 Å². The number of rotatable bonds is 0. The average molecular weight is 211 g/mol. The van der Waals surface area contributed by atoms with E-state index in [-0.39, 0.29) is 5.78 Å². The molecule has 4 nitrogen and oxygen atoms in total. The highest BCUT2D eigenvalue weighted by Crippen LogP contribution is 2.25. The van der Waals surface area contributed by atoms with Crippen molar-refractivity contribution in [1.82, 2.24) is 4.90 Å². The summed E-state index contributed by atoms with van der Waals surface area (Å²) >= 11 is 0. The average Bonchev–Trinajstić information content (AvgIpc) is 2.23. The fourth-order valence-corrected chi connectivity index (χ4v) is 1.25. The largest absolute Gasteiger partial charge is 0.443 e. The molecule has 0 atom stereocenters. The smallest absolute Gasteiger partial charge is 0.415 e. The maximum Gasteiger partial charge on any atom is 0.415 e. The number of nitrogens with zero attached hydrogens (tertiary/aromatic N) is 1. The Kier molecular flexibility index (Phi) is 2.63. The van der Waals surface area contributed by atoms with Crippen LogP contribution in [0.3, 0.4) is 0 Å². The lowest BCUT2D eigenvalue weighted by atomic mass is 10.0. The van der Waals surface area contributed by atoms with Crippen LogP contribution in [0.15, 0.2) is 12.3 Å². The SMILES string of the molecule is CC(C)(C)OC(=O)N1C=CC(=O)C1(C)C. The van der Waals surface area contributed by atoms with Crippen LogP contribution in [-0.4, -0.2) is 27.9 Å². The predicted molar refractivity (Wildman–Crippen MR) is 56.3 cm³/mol. The van der Waals surface area contributed by atoms with E-state index >= 15 is 0 Å². The summed E-state index contributed by atoms with van der Waals surface area (Å²) in [6.45, 7) is 8.76. The lowest BCUT2D eigenvalue weighted by Gasteiger charge is -2.31. The number of ketones is 1. The summed E-state index contributed by atoms with van der Waals surface area (Å²) in [7, 11) is 0. The number of amides is 1. The van der Waals surface area contributed by atoms with Crippen LogP contribution in [0.4, 0.5) is 4.79 Å². The molecule has 1 heterocycles. The maximum atomic E-state index is 11.7. The van der Waals surface area contributed by atoms with E-state index in [1.54, 1.807) is 34.6 Å². The third-order valence-corrected chi connectivity index (χ3v) is 2.17. The van der Waals surface area contributed by atoms with Gasteiger partial charge < -0.3 is 4.74 Å². The van der Waals surface area contributed by atoms with Crippen molar-refractivity contribution in [2.45, 2.75) is 45.8 Å². The summed E-state index contributed by atoms with van der Waals surface area (Å²) in [5, 5.41) is 0. The monoisotopic (exact) mass is 211 g/mol. The molecule has 0 aromatic heterocycles. The molecule has 0 aromatic rings. The van der Waals surface area contributed by atoms with Gasteiger partial charge in [-0.25, -0.2) is 4.79 Å². The molecular weight excluding hydrogens is 194 g/mol. The lowest BCUT2D eigenvalue weighted by molar-refractivity contribution is -0.121. The maximum absolute atomic E-state index is 11.7. The first kappa shape index (κ1) is 11.8.